The van der Waals surface area contributed by atoms with Crippen molar-refractivity contribution in [2.75, 3.05) is 19.6 Å². The second-order valence-corrected chi connectivity index (χ2v) is 4.03. The zero-order valence-corrected chi connectivity index (χ0v) is 9.71. The summed E-state index contributed by atoms with van der Waals surface area (Å²) in [6.07, 6.45) is 2.34. The first-order valence-corrected chi connectivity index (χ1v) is 5.61. The summed E-state index contributed by atoms with van der Waals surface area (Å²) >= 11 is 0. The minimum absolute atomic E-state index is 0.351. The fourth-order valence-electron chi connectivity index (χ4n) is 1.36. The highest BCUT2D eigenvalue weighted by molar-refractivity contribution is 4.67. The second kappa shape index (κ2) is 7.34. The molecule has 13 heavy (non-hydrogen) atoms. The normalized spacial score (nSPS) is 16.2. The Balaban J connectivity index is 3.74. The van der Waals surface area contributed by atoms with Gasteiger partial charge in [-0.2, -0.15) is 0 Å². The van der Waals surface area contributed by atoms with Gasteiger partial charge in [0.25, 0.3) is 0 Å². The third-order valence-electron chi connectivity index (χ3n) is 2.73. The van der Waals surface area contributed by atoms with E-state index in [0.29, 0.717) is 6.04 Å². The Morgan fingerprint density at radius 3 is 2.08 bits per heavy atom. The van der Waals surface area contributed by atoms with Gasteiger partial charge in [0, 0.05) is 19.1 Å². The lowest BCUT2D eigenvalue weighted by molar-refractivity contribution is 0.230. The zero-order chi connectivity index (χ0) is 10.3. The van der Waals surface area contributed by atoms with Gasteiger partial charge in [0.15, 0.2) is 0 Å². The first kappa shape index (κ1) is 12.9. The van der Waals surface area contributed by atoms with Gasteiger partial charge in [-0.05, 0) is 18.9 Å². The van der Waals surface area contributed by atoms with E-state index in [-0.39, 0.29) is 0 Å². The predicted molar refractivity (Wildman–Crippen MR) is 59.8 cm³/mol. The van der Waals surface area contributed by atoms with Gasteiger partial charge in [-0.25, -0.2) is 0 Å². The van der Waals surface area contributed by atoms with Crippen LogP contribution in [0, 0.1) is 5.92 Å². The Hall–Kier alpha value is -0.0800. The van der Waals surface area contributed by atoms with Crippen LogP contribution in [-0.2, 0) is 0 Å². The van der Waals surface area contributed by atoms with Crippen molar-refractivity contribution in [1.29, 1.82) is 0 Å². The van der Waals surface area contributed by atoms with Gasteiger partial charge in [0.2, 0.25) is 0 Å². The maximum atomic E-state index is 5.92. The molecule has 0 rings (SSSR count). The van der Waals surface area contributed by atoms with Crippen molar-refractivity contribution in [3.05, 3.63) is 0 Å². The minimum atomic E-state index is 0.351. The molecule has 2 nitrogen and oxygen atoms in total. The Morgan fingerprint density at radius 2 is 1.69 bits per heavy atom. The Bertz CT molecular complexity index is 103. The molecule has 0 aromatic heterocycles. The number of nitrogens with two attached hydrogens (primary N) is 1. The third kappa shape index (κ3) is 6.05. The molecule has 0 aliphatic rings. The monoisotopic (exact) mass is 186 g/mol. The fourth-order valence-corrected chi connectivity index (χ4v) is 1.36. The van der Waals surface area contributed by atoms with Crippen LogP contribution in [0.15, 0.2) is 0 Å². The molecule has 2 atom stereocenters. The molecule has 0 radical (unpaired) electrons. The lowest BCUT2D eigenvalue weighted by Gasteiger charge is -2.26. The molecule has 0 bridgehead atoms. The van der Waals surface area contributed by atoms with E-state index in [0.717, 1.165) is 25.4 Å². The van der Waals surface area contributed by atoms with Gasteiger partial charge in [0.1, 0.15) is 0 Å². The molecule has 0 amide bonds. The van der Waals surface area contributed by atoms with E-state index in [1.165, 1.54) is 13.0 Å². The summed E-state index contributed by atoms with van der Waals surface area (Å²) < 4.78 is 0. The quantitative estimate of drug-likeness (QED) is 0.659. The van der Waals surface area contributed by atoms with Crippen molar-refractivity contribution in [2.24, 2.45) is 11.7 Å². The molecule has 80 valence electrons. The van der Waals surface area contributed by atoms with Crippen LogP contribution in [0.25, 0.3) is 0 Å². The molecule has 0 aliphatic heterocycles. The van der Waals surface area contributed by atoms with Gasteiger partial charge in [-0.3, -0.25) is 0 Å². The molecule has 0 fully saturated rings. The maximum absolute atomic E-state index is 5.92. The summed E-state index contributed by atoms with van der Waals surface area (Å²) in [5.74, 6) is 0.795. The van der Waals surface area contributed by atoms with Crippen LogP contribution in [0.2, 0.25) is 0 Å². The fraction of sp³-hybridized carbons (Fsp3) is 1.00. The van der Waals surface area contributed by atoms with Gasteiger partial charge in [0.05, 0.1) is 0 Å². The molecule has 2 unspecified atom stereocenters. The Morgan fingerprint density at radius 1 is 1.08 bits per heavy atom. The van der Waals surface area contributed by atoms with Crippen LogP contribution in [0.1, 0.15) is 40.5 Å². The van der Waals surface area contributed by atoms with Crippen molar-refractivity contribution in [3.63, 3.8) is 0 Å². The highest BCUT2D eigenvalue weighted by atomic mass is 15.1. The lowest BCUT2D eigenvalue weighted by Crippen LogP contribution is -2.39. The van der Waals surface area contributed by atoms with Crippen LogP contribution in [-0.4, -0.2) is 30.6 Å². The standard InChI is InChI=1S/C11H26N2/c1-5-10(4)8-13(7-3)9-11(12)6-2/h10-11H,5-9,12H2,1-4H3. The van der Waals surface area contributed by atoms with Crippen LogP contribution < -0.4 is 5.73 Å². The number of hydrogen-bond acceptors (Lipinski definition) is 2. The molecular formula is C11H26N2. The Labute approximate surface area is 83.5 Å². The van der Waals surface area contributed by atoms with Gasteiger partial charge >= 0.3 is 0 Å². The third-order valence-corrected chi connectivity index (χ3v) is 2.73. The summed E-state index contributed by atoms with van der Waals surface area (Å²) in [5, 5.41) is 0. The number of rotatable bonds is 7. The van der Waals surface area contributed by atoms with Crippen molar-refractivity contribution in [2.45, 2.75) is 46.6 Å². The highest BCUT2D eigenvalue weighted by Crippen LogP contribution is 2.04. The first-order chi connectivity index (χ1) is 6.13. The van der Waals surface area contributed by atoms with Gasteiger partial charge < -0.3 is 10.6 Å². The van der Waals surface area contributed by atoms with E-state index in [1.54, 1.807) is 0 Å². The molecule has 0 heterocycles. The van der Waals surface area contributed by atoms with Gasteiger partial charge in [-0.15, -0.1) is 0 Å². The maximum Gasteiger partial charge on any atom is 0.0165 e. The van der Waals surface area contributed by atoms with Crippen molar-refractivity contribution in [1.82, 2.24) is 4.90 Å². The molecular weight excluding hydrogens is 160 g/mol. The molecule has 2 N–H and O–H groups in total. The summed E-state index contributed by atoms with van der Waals surface area (Å²) in [7, 11) is 0. The van der Waals surface area contributed by atoms with Gasteiger partial charge in [-0.1, -0.05) is 34.1 Å². The highest BCUT2D eigenvalue weighted by Gasteiger charge is 2.09. The molecule has 2 heteroatoms. The van der Waals surface area contributed by atoms with E-state index < -0.39 is 0 Å². The van der Waals surface area contributed by atoms with Crippen molar-refractivity contribution in [3.8, 4) is 0 Å². The van der Waals surface area contributed by atoms with Crippen LogP contribution in [0.3, 0.4) is 0 Å². The Kier molecular flexibility index (Phi) is 7.29. The average molecular weight is 186 g/mol. The summed E-state index contributed by atoms with van der Waals surface area (Å²) in [5.41, 5.74) is 5.92. The largest absolute Gasteiger partial charge is 0.327 e. The molecule has 0 saturated heterocycles. The topological polar surface area (TPSA) is 29.3 Å². The summed E-state index contributed by atoms with van der Waals surface area (Å²) in [6, 6.07) is 0.351. The van der Waals surface area contributed by atoms with Crippen molar-refractivity contribution < 1.29 is 0 Å². The zero-order valence-electron chi connectivity index (χ0n) is 9.71. The predicted octanol–water partition coefficient (Wildman–Crippen LogP) is 2.09. The van der Waals surface area contributed by atoms with Crippen LogP contribution in [0.5, 0.6) is 0 Å². The number of nitrogens with zero attached hydrogens (tertiary/aromatic N) is 1. The smallest absolute Gasteiger partial charge is 0.0165 e. The lowest BCUT2D eigenvalue weighted by atomic mass is 10.1. The van der Waals surface area contributed by atoms with E-state index in [2.05, 4.69) is 32.6 Å². The second-order valence-electron chi connectivity index (χ2n) is 4.03. The summed E-state index contributed by atoms with van der Waals surface area (Å²) in [6.45, 7) is 12.3. The van der Waals surface area contributed by atoms with Crippen LogP contribution in [0.4, 0.5) is 0 Å². The van der Waals surface area contributed by atoms with E-state index >= 15 is 0 Å². The number of likely N-dealkylation sites (N-methyl/N-ethyl adjacent to an activating group) is 1. The molecule has 0 aromatic carbocycles. The molecule has 0 spiro atoms. The SMILES string of the molecule is CCC(C)CN(CC)CC(N)CC. The number of hydrogen-bond donors (Lipinski definition) is 1. The van der Waals surface area contributed by atoms with E-state index in [9.17, 15) is 0 Å². The average Bonchev–Trinajstić information content (AvgIpc) is 2.16. The molecule has 0 aromatic rings. The van der Waals surface area contributed by atoms with E-state index in [4.69, 9.17) is 5.73 Å². The van der Waals surface area contributed by atoms with E-state index in [1.807, 2.05) is 0 Å². The molecule has 0 saturated carbocycles. The van der Waals surface area contributed by atoms with Crippen molar-refractivity contribution >= 4 is 0 Å². The van der Waals surface area contributed by atoms with Crippen LogP contribution >= 0.6 is 0 Å². The first-order valence-electron chi connectivity index (χ1n) is 5.61. The summed E-state index contributed by atoms with van der Waals surface area (Å²) in [4.78, 5) is 2.46. The molecule has 0 aliphatic carbocycles. The minimum Gasteiger partial charge on any atom is -0.327 e.